The van der Waals surface area contributed by atoms with Gasteiger partial charge in [0.05, 0.1) is 5.52 Å². The van der Waals surface area contributed by atoms with Gasteiger partial charge in [0.1, 0.15) is 0 Å². The lowest BCUT2D eigenvalue weighted by Crippen LogP contribution is -2.12. The van der Waals surface area contributed by atoms with E-state index in [1.807, 2.05) is 19.1 Å². The zero-order valence-electron chi connectivity index (χ0n) is 8.29. The van der Waals surface area contributed by atoms with Crippen LogP contribution >= 0.6 is 11.8 Å². The first kappa shape index (κ1) is 10.3. The number of aryl methyl sites for hydroxylation is 1. The summed E-state index contributed by atoms with van der Waals surface area (Å²) in [4.78, 5) is 13.9. The van der Waals surface area contributed by atoms with Crippen molar-refractivity contribution < 1.29 is 4.42 Å². The zero-order chi connectivity index (χ0) is 10.8. The largest absolute Gasteiger partial charge is 0.419 e. The third-order valence-electron chi connectivity index (χ3n) is 2.32. The maximum absolute atomic E-state index is 11.4. The predicted molar refractivity (Wildman–Crippen MR) is 58.8 cm³/mol. The second-order valence-corrected chi connectivity index (χ2v) is 3.49. The number of fused-ring (bicyclic) bond motifs is 1. The molecule has 1 aromatic carbocycles. The molecule has 4 nitrogen and oxygen atoms in total. The van der Waals surface area contributed by atoms with E-state index in [2.05, 4.69) is 4.84 Å². The molecule has 80 valence electrons. The summed E-state index contributed by atoms with van der Waals surface area (Å²) in [5.41, 5.74) is 2.44. The molecule has 1 aromatic heterocycles. The van der Waals surface area contributed by atoms with Crippen LogP contribution in [0.5, 0.6) is 0 Å². The average molecular weight is 227 g/mol. The van der Waals surface area contributed by atoms with Gasteiger partial charge in [-0.05, 0) is 36.4 Å². The molecule has 2 rings (SSSR count). The molecule has 0 radical (unpaired) electrons. The summed E-state index contributed by atoms with van der Waals surface area (Å²) < 4.78 is 6.67. The van der Waals surface area contributed by atoms with E-state index in [4.69, 9.17) is 16.2 Å². The topological polar surface area (TPSA) is 47.2 Å². The summed E-state index contributed by atoms with van der Waals surface area (Å²) in [6.07, 6.45) is 0. The Morgan fingerprint density at radius 1 is 1.53 bits per heavy atom. The second kappa shape index (κ2) is 4.08. The quantitative estimate of drug-likeness (QED) is 0.813. The predicted octanol–water partition coefficient (Wildman–Crippen LogP) is 1.86. The van der Waals surface area contributed by atoms with Crippen molar-refractivity contribution in [2.45, 2.75) is 20.0 Å². The summed E-state index contributed by atoms with van der Waals surface area (Å²) in [5.74, 6) is -0.316. The van der Waals surface area contributed by atoms with E-state index in [0.717, 1.165) is 11.1 Å². The van der Waals surface area contributed by atoms with E-state index in [0.29, 0.717) is 18.7 Å². The fourth-order valence-electron chi connectivity index (χ4n) is 1.59. The molecular formula is C10H11ClN2O2. The van der Waals surface area contributed by atoms with Crippen molar-refractivity contribution in [2.24, 2.45) is 0 Å². The SMILES string of the molecule is CCn1c(=O)oc2ccc(CNCl)cc21. The van der Waals surface area contributed by atoms with Crippen molar-refractivity contribution >= 4 is 22.9 Å². The monoisotopic (exact) mass is 226 g/mol. The van der Waals surface area contributed by atoms with Crippen molar-refractivity contribution in [1.82, 2.24) is 9.40 Å². The number of halogens is 1. The Labute approximate surface area is 91.6 Å². The molecule has 0 saturated heterocycles. The first-order valence-corrected chi connectivity index (χ1v) is 5.10. The van der Waals surface area contributed by atoms with Gasteiger partial charge in [-0.3, -0.25) is 4.57 Å². The molecule has 0 aliphatic carbocycles. The summed E-state index contributed by atoms with van der Waals surface area (Å²) in [6.45, 7) is 3.06. The van der Waals surface area contributed by atoms with Gasteiger partial charge in [-0.2, -0.15) is 0 Å². The van der Waals surface area contributed by atoms with Crippen LogP contribution in [-0.4, -0.2) is 4.57 Å². The van der Waals surface area contributed by atoms with E-state index in [1.54, 1.807) is 10.6 Å². The number of oxazole rings is 1. The Bertz CT molecular complexity index is 530. The molecule has 0 saturated carbocycles. The van der Waals surface area contributed by atoms with Crippen LogP contribution in [0.25, 0.3) is 11.1 Å². The van der Waals surface area contributed by atoms with Crippen LogP contribution in [-0.2, 0) is 13.1 Å². The van der Waals surface area contributed by atoms with Gasteiger partial charge in [0.2, 0.25) is 0 Å². The second-order valence-electron chi connectivity index (χ2n) is 3.22. The molecule has 0 atom stereocenters. The minimum absolute atomic E-state index is 0.316. The smallest absolute Gasteiger partial charge is 0.408 e. The number of hydrogen-bond donors (Lipinski definition) is 1. The van der Waals surface area contributed by atoms with Crippen LogP contribution in [0.15, 0.2) is 27.4 Å². The van der Waals surface area contributed by atoms with Crippen LogP contribution in [0.4, 0.5) is 0 Å². The molecule has 0 aliphatic heterocycles. The number of aromatic nitrogens is 1. The molecular weight excluding hydrogens is 216 g/mol. The molecule has 0 spiro atoms. The maximum Gasteiger partial charge on any atom is 0.419 e. The zero-order valence-corrected chi connectivity index (χ0v) is 9.04. The van der Waals surface area contributed by atoms with Gasteiger partial charge in [-0.15, -0.1) is 0 Å². The fraction of sp³-hybridized carbons (Fsp3) is 0.300. The van der Waals surface area contributed by atoms with Gasteiger partial charge >= 0.3 is 5.76 Å². The number of benzene rings is 1. The van der Waals surface area contributed by atoms with E-state index >= 15 is 0 Å². The van der Waals surface area contributed by atoms with Crippen molar-refractivity contribution in [3.8, 4) is 0 Å². The van der Waals surface area contributed by atoms with Crippen LogP contribution in [0.3, 0.4) is 0 Å². The van der Waals surface area contributed by atoms with Crippen molar-refractivity contribution in [1.29, 1.82) is 0 Å². The highest BCUT2D eigenvalue weighted by molar-refractivity contribution is 6.13. The fourth-order valence-corrected chi connectivity index (χ4v) is 1.75. The number of rotatable bonds is 3. The molecule has 0 aliphatic rings. The average Bonchev–Trinajstić information content (AvgIpc) is 2.53. The van der Waals surface area contributed by atoms with Gasteiger partial charge < -0.3 is 4.42 Å². The Morgan fingerprint density at radius 3 is 3.00 bits per heavy atom. The van der Waals surface area contributed by atoms with Crippen molar-refractivity contribution in [3.63, 3.8) is 0 Å². The number of nitrogens with zero attached hydrogens (tertiary/aromatic N) is 1. The Kier molecular flexibility index (Phi) is 2.79. The normalized spacial score (nSPS) is 11.1. The van der Waals surface area contributed by atoms with E-state index in [1.165, 1.54) is 0 Å². The highest BCUT2D eigenvalue weighted by Crippen LogP contribution is 2.15. The molecule has 5 heteroatoms. The maximum atomic E-state index is 11.4. The van der Waals surface area contributed by atoms with Crippen molar-refractivity contribution in [2.75, 3.05) is 0 Å². The van der Waals surface area contributed by atoms with Gasteiger partial charge in [-0.1, -0.05) is 6.07 Å². The molecule has 2 aromatic rings. The van der Waals surface area contributed by atoms with Gasteiger partial charge in [-0.25, -0.2) is 9.63 Å². The Morgan fingerprint density at radius 2 is 2.33 bits per heavy atom. The van der Waals surface area contributed by atoms with Crippen LogP contribution in [0.2, 0.25) is 0 Å². The minimum Gasteiger partial charge on any atom is -0.408 e. The van der Waals surface area contributed by atoms with Gasteiger partial charge in [0.15, 0.2) is 5.58 Å². The molecule has 0 fully saturated rings. The summed E-state index contributed by atoms with van der Waals surface area (Å²) in [7, 11) is 0. The molecule has 1 heterocycles. The first-order chi connectivity index (χ1) is 7.26. The van der Waals surface area contributed by atoms with Crippen LogP contribution in [0.1, 0.15) is 12.5 Å². The number of nitrogens with one attached hydrogen (secondary N) is 1. The lowest BCUT2D eigenvalue weighted by atomic mass is 10.2. The minimum atomic E-state index is -0.316. The summed E-state index contributed by atoms with van der Waals surface area (Å²) in [6, 6.07) is 5.56. The molecule has 0 unspecified atom stereocenters. The Balaban J connectivity index is 2.62. The molecule has 1 N–H and O–H groups in total. The molecule has 15 heavy (non-hydrogen) atoms. The third-order valence-corrected chi connectivity index (χ3v) is 2.45. The summed E-state index contributed by atoms with van der Waals surface area (Å²) in [5, 5.41) is 0. The van der Waals surface area contributed by atoms with E-state index in [9.17, 15) is 4.79 Å². The third kappa shape index (κ3) is 1.78. The summed E-state index contributed by atoms with van der Waals surface area (Å²) >= 11 is 5.42. The first-order valence-electron chi connectivity index (χ1n) is 4.72. The molecule has 0 amide bonds. The van der Waals surface area contributed by atoms with Gasteiger partial charge in [0.25, 0.3) is 0 Å². The van der Waals surface area contributed by atoms with E-state index < -0.39 is 0 Å². The van der Waals surface area contributed by atoms with Gasteiger partial charge in [0, 0.05) is 13.1 Å². The lowest BCUT2D eigenvalue weighted by Gasteiger charge is -2.00. The van der Waals surface area contributed by atoms with Crippen LogP contribution < -0.4 is 10.6 Å². The van der Waals surface area contributed by atoms with Crippen molar-refractivity contribution in [3.05, 3.63) is 34.3 Å². The number of hydrogen-bond acceptors (Lipinski definition) is 3. The van der Waals surface area contributed by atoms with E-state index in [-0.39, 0.29) is 5.76 Å². The standard InChI is InChI=1S/C10H11ClN2O2/c1-2-13-8-5-7(6-12-11)3-4-9(8)15-10(13)14/h3-5,12H,2,6H2,1H3. The highest BCUT2D eigenvalue weighted by atomic mass is 35.5. The highest BCUT2D eigenvalue weighted by Gasteiger charge is 2.07. The van der Waals surface area contributed by atoms with Crippen LogP contribution in [0, 0.1) is 0 Å². The Hall–Kier alpha value is -1.26. The molecule has 0 bridgehead atoms. The lowest BCUT2D eigenvalue weighted by molar-refractivity contribution is 0.513.